The van der Waals surface area contributed by atoms with Crippen LogP contribution in [0.15, 0.2) is 12.1 Å². The number of carboxylic acids is 1. The number of benzene rings is 1. The largest absolute Gasteiger partial charge is 0.507 e. The molecule has 0 spiro atoms. The van der Waals surface area contributed by atoms with Gasteiger partial charge in [-0.25, -0.2) is 0 Å². The summed E-state index contributed by atoms with van der Waals surface area (Å²) in [5.41, 5.74) is 7.86. The third kappa shape index (κ3) is 2.70. The second-order valence-electron chi connectivity index (χ2n) is 3.72. The third-order valence-corrected chi connectivity index (χ3v) is 2.27. The van der Waals surface area contributed by atoms with Crippen molar-refractivity contribution in [2.24, 2.45) is 5.73 Å². The number of hydrogen-bond acceptors (Lipinski definition) is 3. The van der Waals surface area contributed by atoms with Gasteiger partial charge in [0, 0.05) is 11.6 Å². The summed E-state index contributed by atoms with van der Waals surface area (Å²) in [5, 5.41) is 18.3. The van der Waals surface area contributed by atoms with Crippen molar-refractivity contribution in [3.05, 3.63) is 28.8 Å². The number of hydrogen-bond donors (Lipinski definition) is 3. The first-order chi connectivity index (χ1) is 6.91. The molecule has 0 radical (unpaired) electrons. The smallest absolute Gasteiger partial charge is 0.305 e. The molecule has 0 amide bonds. The normalized spacial score (nSPS) is 12.5. The number of carbonyl (C=O) groups is 1. The van der Waals surface area contributed by atoms with Crippen molar-refractivity contribution in [1.82, 2.24) is 0 Å². The number of rotatable bonds is 3. The van der Waals surface area contributed by atoms with E-state index in [2.05, 4.69) is 0 Å². The molecule has 0 bridgehead atoms. The molecule has 0 unspecified atom stereocenters. The monoisotopic (exact) mass is 209 g/mol. The molecular formula is C11H15NO3. The fraction of sp³-hybridized carbons (Fsp3) is 0.364. The molecule has 15 heavy (non-hydrogen) atoms. The first-order valence-electron chi connectivity index (χ1n) is 4.69. The van der Waals surface area contributed by atoms with Gasteiger partial charge in [-0.15, -0.1) is 0 Å². The number of carboxylic acid groups (broad SMARTS) is 1. The zero-order chi connectivity index (χ0) is 11.6. The molecule has 1 aromatic rings. The van der Waals surface area contributed by atoms with Crippen LogP contribution in [0.4, 0.5) is 0 Å². The maximum atomic E-state index is 10.5. The average molecular weight is 209 g/mol. The van der Waals surface area contributed by atoms with Crippen molar-refractivity contribution in [3.8, 4) is 5.75 Å². The molecule has 0 aliphatic rings. The number of phenolic OH excluding ortho intramolecular Hbond substituents is 1. The highest BCUT2D eigenvalue weighted by Crippen LogP contribution is 2.29. The van der Waals surface area contributed by atoms with Gasteiger partial charge in [-0.1, -0.05) is 17.7 Å². The molecule has 0 saturated heterocycles. The molecule has 0 aromatic heterocycles. The minimum Gasteiger partial charge on any atom is -0.507 e. The standard InChI is InChI=1S/C11H15NO3/c1-6-3-7(2)11(15)8(4-6)9(12)5-10(13)14/h3-4,9,15H,5,12H2,1-2H3,(H,13,14)/t9-/m1/s1. The lowest BCUT2D eigenvalue weighted by atomic mass is 9.98. The Bertz CT molecular complexity index is 388. The van der Waals surface area contributed by atoms with E-state index in [4.69, 9.17) is 10.8 Å². The van der Waals surface area contributed by atoms with E-state index in [0.29, 0.717) is 11.1 Å². The maximum absolute atomic E-state index is 10.5. The molecule has 0 saturated carbocycles. The first kappa shape index (κ1) is 11.5. The molecule has 4 heteroatoms. The van der Waals surface area contributed by atoms with Crippen LogP contribution in [-0.4, -0.2) is 16.2 Å². The van der Waals surface area contributed by atoms with E-state index in [1.54, 1.807) is 13.0 Å². The second kappa shape index (κ2) is 4.31. The van der Waals surface area contributed by atoms with Gasteiger partial charge in [0.25, 0.3) is 0 Å². The molecule has 1 atom stereocenters. The average Bonchev–Trinajstić information content (AvgIpc) is 2.09. The zero-order valence-corrected chi connectivity index (χ0v) is 8.82. The summed E-state index contributed by atoms with van der Waals surface area (Å²) < 4.78 is 0. The molecule has 0 fully saturated rings. The lowest BCUT2D eigenvalue weighted by Crippen LogP contribution is -2.15. The molecular weight excluding hydrogens is 194 g/mol. The van der Waals surface area contributed by atoms with E-state index in [-0.39, 0.29) is 12.2 Å². The van der Waals surface area contributed by atoms with Gasteiger partial charge in [-0.05, 0) is 19.4 Å². The highest BCUT2D eigenvalue weighted by molar-refractivity contribution is 5.68. The Kier molecular flexibility index (Phi) is 3.31. The van der Waals surface area contributed by atoms with Crippen molar-refractivity contribution in [2.45, 2.75) is 26.3 Å². The van der Waals surface area contributed by atoms with Crippen LogP contribution in [0.1, 0.15) is 29.2 Å². The minimum absolute atomic E-state index is 0.0920. The topological polar surface area (TPSA) is 83.5 Å². The van der Waals surface area contributed by atoms with Crippen molar-refractivity contribution in [3.63, 3.8) is 0 Å². The summed E-state index contributed by atoms with van der Waals surface area (Å²) in [4.78, 5) is 10.5. The maximum Gasteiger partial charge on any atom is 0.305 e. The number of nitrogens with two attached hydrogens (primary N) is 1. The Morgan fingerprint density at radius 3 is 2.60 bits per heavy atom. The third-order valence-electron chi connectivity index (χ3n) is 2.27. The number of phenols is 1. The lowest BCUT2D eigenvalue weighted by molar-refractivity contribution is -0.137. The van der Waals surface area contributed by atoms with Crippen LogP contribution in [0.2, 0.25) is 0 Å². The molecule has 4 N–H and O–H groups in total. The predicted octanol–water partition coefficient (Wildman–Crippen LogP) is 1.48. The highest BCUT2D eigenvalue weighted by atomic mass is 16.4. The molecule has 1 aromatic carbocycles. The van der Waals surface area contributed by atoms with Gasteiger partial charge in [0.2, 0.25) is 0 Å². The van der Waals surface area contributed by atoms with Crippen molar-refractivity contribution in [2.75, 3.05) is 0 Å². The number of aryl methyl sites for hydroxylation is 2. The van der Waals surface area contributed by atoms with Gasteiger partial charge >= 0.3 is 5.97 Å². The fourth-order valence-electron chi connectivity index (χ4n) is 1.57. The van der Waals surface area contributed by atoms with E-state index in [1.807, 2.05) is 13.0 Å². The number of aliphatic carboxylic acids is 1. The van der Waals surface area contributed by atoms with E-state index in [0.717, 1.165) is 5.56 Å². The van der Waals surface area contributed by atoms with Gasteiger partial charge in [-0.2, -0.15) is 0 Å². The van der Waals surface area contributed by atoms with Gasteiger partial charge in [-0.3, -0.25) is 4.79 Å². The van der Waals surface area contributed by atoms with Crippen LogP contribution in [0.25, 0.3) is 0 Å². The van der Waals surface area contributed by atoms with Crippen LogP contribution in [0, 0.1) is 13.8 Å². The zero-order valence-electron chi connectivity index (χ0n) is 8.82. The van der Waals surface area contributed by atoms with Gasteiger partial charge in [0.15, 0.2) is 0 Å². The van der Waals surface area contributed by atoms with Crippen LogP contribution < -0.4 is 5.73 Å². The van der Waals surface area contributed by atoms with Crippen LogP contribution in [0.5, 0.6) is 5.75 Å². The fourth-order valence-corrected chi connectivity index (χ4v) is 1.57. The van der Waals surface area contributed by atoms with Crippen LogP contribution in [0.3, 0.4) is 0 Å². The molecule has 1 rings (SSSR count). The van der Waals surface area contributed by atoms with E-state index in [1.165, 1.54) is 0 Å². The molecule has 4 nitrogen and oxygen atoms in total. The summed E-state index contributed by atoms with van der Waals surface area (Å²) in [7, 11) is 0. The summed E-state index contributed by atoms with van der Waals surface area (Å²) >= 11 is 0. The summed E-state index contributed by atoms with van der Waals surface area (Å²) in [6.45, 7) is 3.64. The SMILES string of the molecule is Cc1cc(C)c(O)c([C@H](N)CC(=O)O)c1. The van der Waals surface area contributed by atoms with E-state index >= 15 is 0 Å². The Balaban J connectivity index is 3.07. The van der Waals surface area contributed by atoms with Gasteiger partial charge in [0.1, 0.15) is 5.75 Å². The van der Waals surface area contributed by atoms with Crippen molar-refractivity contribution in [1.29, 1.82) is 0 Å². The molecule has 0 heterocycles. The predicted molar refractivity (Wildman–Crippen MR) is 56.8 cm³/mol. The minimum atomic E-state index is -0.971. The highest BCUT2D eigenvalue weighted by Gasteiger charge is 2.16. The molecule has 0 aliphatic carbocycles. The summed E-state index contributed by atoms with van der Waals surface area (Å²) in [5.74, 6) is -0.879. The Hall–Kier alpha value is -1.55. The van der Waals surface area contributed by atoms with Gasteiger partial charge in [0.05, 0.1) is 6.42 Å². The van der Waals surface area contributed by atoms with Crippen molar-refractivity contribution >= 4 is 5.97 Å². The Labute approximate surface area is 88.3 Å². The van der Waals surface area contributed by atoms with E-state index in [9.17, 15) is 9.90 Å². The molecule has 82 valence electrons. The quantitative estimate of drug-likeness (QED) is 0.704. The lowest BCUT2D eigenvalue weighted by Gasteiger charge is -2.14. The number of aromatic hydroxyl groups is 1. The van der Waals surface area contributed by atoms with Crippen molar-refractivity contribution < 1.29 is 15.0 Å². The Morgan fingerprint density at radius 2 is 2.07 bits per heavy atom. The Morgan fingerprint density at radius 1 is 1.47 bits per heavy atom. The van der Waals surface area contributed by atoms with E-state index < -0.39 is 12.0 Å². The molecule has 0 aliphatic heterocycles. The summed E-state index contributed by atoms with van der Waals surface area (Å²) in [6.07, 6.45) is -0.184. The second-order valence-corrected chi connectivity index (χ2v) is 3.72. The first-order valence-corrected chi connectivity index (χ1v) is 4.69. The van der Waals surface area contributed by atoms with Crippen LogP contribution in [-0.2, 0) is 4.79 Å². The summed E-state index contributed by atoms with van der Waals surface area (Å²) in [6, 6.07) is 2.88. The van der Waals surface area contributed by atoms with Gasteiger partial charge < -0.3 is 15.9 Å². The van der Waals surface area contributed by atoms with Crippen LogP contribution >= 0.6 is 0 Å².